The molecule has 1 fully saturated rings. The lowest BCUT2D eigenvalue weighted by Crippen LogP contribution is -2.48. The molecular weight excluding hydrogens is 323 g/mol. The van der Waals surface area contributed by atoms with Crippen molar-refractivity contribution in [3.05, 3.63) is 11.4 Å². The van der Waals surface area contributed by atoms with Gasteiger partial charge in [-0.05, 0) is 59.1 Å². The zero-order valence-corrected chi connectivity index (χ0v) is 16.6. The molecule has 2 aliphatic heterocycles. The lowest BCUT2D eigenvalue weighted by atomic mass is 9.93. The Morgan fingerprint density at radius 2 is 2.00 bits per heavy atom. The Kier molecular flexibility index (Phi) is 6.72. The molecule has 0 aliphatic carbocycles. The van der Waals surface area contributed by atoms with Crippen LogP contribution < -0.4 is 5.32 Å². The Balaban J connectivity index is 1.88. The van der Waals surface area contributed by atoms with E-state index in [4.69, 9.17) is 9.47 Å². The number of nitrogens with zero attached hydrogens (tertiary/aromatic N) is 1. The molecule has 6 heteroatoms. The molecule has 0 aromatic rings. The fraction of sp³-hybridized carbons (Fsp3) is 0.778. The van der Waals surface area contributed by atoms with E-state index in [1.807, 2.05) is 19.9 Å². The smallest absolute Gasteiger partial charge is 0.265 e. The van der Waals surface area contributed by atoms with Gasteiger partial charge in [-0.1, -0.05) is 13.8 Å². The van der Waals surface area contributed by atoms with Gasteiger partial charge in [-0.15, -0.1) is 0 Å². The fourth-order valence-corrected chi connectivity index (χ4v) is 3.85. The number of methoxy groups -OCH3 is 1. The highest BCUT2D eigenvalue weighted by Crippen LogP contribution is 2.48. The van der Waals surface area contributed by atoms with Crippen molar-refractivity contribution >= 4 is 19.9 Å². The topological polar surface area (TPSA) is 59.9 Å². The number of carbonyl (C=O) groups excluding carboxylic acids is 1. The molecule has 1 N–H and O–H groups in total. The molecule has 0 spiro atoms. The monoisotopic (exact) mass is 354 g/mol. The number of aliphatic imine (C=N–C) groups is 1. The molecular formula is C18H31N2O3P. The van der Waals surface area contributed by atoms with Gasteiger partial charge in [-0.2, -0.15) is 0 Å². The van der Waals surface area contributed by atoms with Crippen LogP contribution >= 0.6 is 8.58 Å². The van der Waals surface area contributed by atoms with Crippen LogP contribution in [0.4, 0.5) is 0 Å². The molecule has 0 saturated carbocycles. The van der Waals surface area contributed by atoms with Crippen LogP contribution in [0.5, 0.6) is 0 Å². The van der Waals surface area contributed by atoms with Gasteiger partial charge in [0.15, 0.2) is 0 Å². The highest BCUT2D eigenvalue weighted by Gasteiger charge is 2.32. The Labute approximate surface area is 147 Å². The zero-order valence-electron chi connectivity index (χ0n) is 15.6. The normalized spacial score (nSPS) is 22.5. The lowest BCUT2D eigenvalue weighted by molar-refractivity contribution is -0.123. The van der Waals surface area contributed by atoms with E-state index < -0.39 is 5.54 Å². The predicted octanol–water partition coefficient (Wildman–Crippen LogP) is 2.95. The quantitative estimate of drug-likeness (QED) is 0.714. The maximum Gasteiger partial charge on any atom is 0.265 e. The average molecular weight is 354 g/mol. The Hall–Kier alpha value is -0.610. The van der Waals surface area contributed by atoms with Gasteiger partial charge >= 0.3 is 0 Å². The third kappa shape index (κ3) is 5.19. The summed E-state index contributed by atoms with van der Waals surface area (Å²) in [7, 11) is 2.23. The second-order valence-electron chi connectivity index (χ2n) is 7.86. The van der Waals surface area contributed by atoms with Gasteiger partial charge in [0.25, 0.3) is 5.91 Å². The van der Waals surface area contributed by atoms with Crippen LogP contribution in [0.15, 0.2) is 16.4 Å². The fourth-order valence-electron chi connectivity index (χ4n) is 2.81. The van der Waals surface area contributed by atoms with E-state index in [1.165, 1.54) is 5.31 Å². The van der Waals surface area contributed by atoms with E-state index >= 15 is 0 Å². The minimum Gasteiger partial charge on any atom is -0.384 e. The molecule has 0 bridgehead atoms. The second-order valence-corrected chi connectivity index (χ2v) is 9.16. The minimum atomic E-state index is -0.624. The van der Waals surface area contributed by atoms with Crippen molar-refractivity contribution in [2.24, 2.45) is 16.3 Å². The maximum absolute atomic E-state index is 12.5. The molecule has 24 heavy (non-hydrogen) atoms. The van der Waals surface area contributed by atoms with E-state index in [0.29, 0.717) is 21.1 Å². The first-order valence-corrected chi connectivity index (χ1v) is 9.68. The van der Waals surface area contributed by atoms with Crippen LogP contribution in [-0.2, 0) is 14.3 Å². The number of nitrogens with one attached hydrogen (secondary N) is 1. The van der Waals surface area contributed by atoms with Crippen LogP contribution in [0, 0.1) is 11.3 Å². The van der Waals surface area contributed by atoms with Crippen molar-refractivity contribution in [3.8, 4) is 0 Å². The molecule has 2 heterocycles. The van der Waals surface area contributed by atoms with Crippen LogP contribution in [0.3, 0.4) is 0 Å². The van der Waals surface area contributed by atoms with Gasteiger partial charge in [0.2, 0.25) is 0 Å². The maximum atomic E-state index is 12.5. The van der Waals surface area contributed by atoms with Gasteiger partial charge in [0.1, 0.15) is 0 Å². The second kappa shape index (κ2) is 8.18. The van der Waals surface area contributed by atoms with Gasteiger partial charge in [-0.3, -0.25) is 4.79 Å². The number of rotatable bonds is 7. The number of ether oxygens (including phenoxy) is 2. The first-order chi connectivity index (χ1) is 11.2. The molecule has 0 radical (unpaired) electrons. The summed E-state index contributed by atoms with van der Waals surface area (Å²) < 4.78 is 10.6. The van der Waals surface area contributed by atoms with Crippen LogP contribution in [0.25, 0.3) is 0 Å². The van der Waals surface area contributed by atoms with Crippen molar-refractivity contribution in [1.29, 1.82) is 0 Å². The third-order valence-electron chi connectivity index (χ3n) is 4.71. The van der Waals surface area contributed by atoms with Crippen molar-refractivity contribution in [2.45, 2.75) is 46.1 Å². The summed E-state index contributed by atoms with van der Waals surface area (Å²) in [5.41, 5.74) is 0.299. The summed E-state index contributed by atoms with van der Waals surface area (Å²) in [5, 5.41) is 4.72. The van der Waals surface area contributed by atoms with E-state index in [1.54, 1.807) is 7.11 Å². The van der Waals surface area contributed by atoms with Gasteiger partial charge in [-0.25, -0.2) is 4.99 Å². The summed E-state index contributed by atoms with van der Waals surface area (Å²) in [5.74, 6) is 0.502. The average Bonchev–Trinajstić information content (AvgIpc) is 2.49. The lowest BCUT2D eigenvalue weighted by Gasteiger charge is -2.33. The van der Waals surface area contributed by atoms with Crippen molar-refractivity contribution in [3.63, 3.8) is 0 Å². The van der Waals surface area contributed by atoms with E-state index in [2.05, 4.69) is 24.2 Å². The number of carbonyl (C=O) groups is 1. The van der Waals surface area contributed by atoms with Crippen molar-refractivity contribution in [2.75, 3.05) is 33.5 Å². The minimum absolute atomic E-state index is 0.0199. The van der Waals surface area contributed by atoms with E-state index in [-0.39, 0.29) is 11.3 Å². The number of amides is 1. The van der Waals surface area contributed by atoms with Gasteiger partial charge in [0.05, 0.1) is 17.6 Å². The highest BCUT2D eigenvalue weighted by atomic mass is 31.1. The molecule has 1 atom stereocenters. The SMILES string of the molecule is COCC(C)(C)C1=CC(=NC(=O)C(C)(C)NCC2CCOCC2)P1. The summed E-state index contributed by atoms with van der Waals surface area (Å²) in [4.78, 5) is 16.8. The third-order valence-corrected chi connectivity index (χ3v) is 6.31. The molecule has 2 aliphatic rings. The summed E-state index contributed by atoms with van der Waals surface area (Å²) in [6, 6.07) is 0. The largest absolute Gasteiger partial charge is 0.384 e. The molecule has 1 unspecified atom stereocenters. The summed E-state index contributed by atoms with van der Waals surface area (Å²) >= 11 is 0. The van der Waals surface area contributed by atoms with Crippen LogP contribution in [-0.4, -0.2) is 50.4 Å². The first kappa shape index (κ1) is 19.7. The van der Waals surface area contributed by atoms with Crippen molar-refractivity contribution in [1.82, 2.24) is 5.32 Å². The van der Waals surface area contributed by atoms with E-state index in [9.17, 15) is 4.79 Å². The number of allylic oxidation sites excluding steroid dienone is 1. The van der Waals surface area contributed by atoms with Gasteiger partial charge in [0, 0.05) is 25.7 Å². The summed E-state index contributed by atoms with van der Waals surface area (Å²) in [6.07, 6.45) is 4.17. The van der Waals surface area contributed by atoms with Crippen LogP contribution in [0.1, 0.15) is 40.5 Å². The number of hydrogen-bond donors (Lipinski definition) is 1. The Morgan fingerprint density at radius 1 is 1.38 bits per heavy atom. The molecule has 5 nitrogen and oxygen atoms in total. The first-order valence-electron chi connectivity index (χ1n) is 8.68. The van der Waals surface area contributed by atoms with Crippen molar-refractivity contribution < 1.29 is 14.3 Å². The van der Waals surface area contributed by atoms with Crippen LogP contribution in [0.2, 0.25) is 0 Å². The van der Waals surface area contributed by atoms with Gasteiger partial charge < -0.3 is 14.8 Å². The molecule has 136 valence electrons. The Morgan fingerprint density at radius 3 is 2.58 bits per heavy atom. The molecule has 1 saturated heterocycles. The molecule has 0 aromatic carbocycles. The molecule has 1 amide bonds. The summed E-state index contributed by atoms with van der Waals surface area (Å²) in [6.45, 7) is 11.3. The number of hydrogen-bond acceptors (Lipinski definition) is 4. The highest BCUT2D eigenvalue weighted by molar-refractivity contribution is 7.66. The molecule has 0 aromatic heterocycles. The zero-order chi connectivity index (χ0) is 17.8. The Bertz CT molecular complexity index is 520. The standard InChI is InChI=1S/C18H31N2O3P/c1-17(2,12-22-5)14-10-15(24-14)20-16(21)18(3,4)19-11-13-6-8-23-9-7-13/h10,13,19,24H,6-9,11-12H2,1-5H3. The van der Waals surface area contributed by atoms with E-state index in [0.717, 1.165) is 38.1 Å². The molecule has 2 rings (SSSR count). The predicted molar refractivity (Wildman–Crippen MR) is 100 cm³/mol.